The maximum atomic E-state index is 12.9. The molecule has 1 aliphatic heterocycles. The van der Waals surface area contributed by atoms with Crippen molar-refractivity contribution in [1.82, 2.24) is 5.32 Å². The number of unbranched alkanes of at least 4 members (excludes halogenated alkanes) is 29. The fourth-order valence-electron chi connectivity index (χ4n) is 7.57. The van der Waals surface area contributed by atoms with Gasteiger partial charge in [-0.05, 0) is 19.3 Å². The molecule has 1 fully saturated rings. The molecule has 0 aromatic carbocycles. The summed E-state index contributed by atoms with van der Waals surface area (Å²) in [5.74, 6) is -0.176. The Morgan fingerprint density at radius 2 is 1.00 bits per heavy atom. The number of aliphatic hydroxyl groups is 5. The standard InChI is InChI=1S/C46H89NO8/c1-3-5-7-9-11-13-14-15-16-17-18-19-20-21-22-23-24-25-26-28-30-32-34-36-42(50)47-39(40(49)35-33-31-29-27-12-10-8-6-4-2)38-54-46-45(53)44(52)43(51)41(37-48)55-46/h33,35,39-41,43-46,48-49,51-53H,3-32,34,36-38H2,1-2H3,(H,47,50)/b35-33+. The SMILES string of the molecule is CCCCCCCCC/C=C/C(O)C(COC1OC(CO)C(O)C(O)C1O)NC(=O)CCCCCCCCCCCCCCCCCCCCCCCCC. The first-order valence-corrected chi connectivity index (χ1v) is 23.4. The predicted molar refractivity (Wildman–Crippen MR) is 226 cm³/mol. The lowest BCUT2D eigenvalue weighted by Gasteiger charge is -2.40. The maximum absolute atomic E-state index is 12.9. The van der Waals surface area contributed by atoms with Crippen molar-refractivity contribution in [1.29, 1.82) is 0 Å². The molecule has 0 spiro atoms. The minimum Gasteiger partial charge on any atom is -0.394 e. The van der Waals surface area contributed by atoms with Crippen LogP contribution in [-0.2, 0) is 14.3 Å². The molecule has 0 radical (unpaired) electrons. The summed E-state index contributed by atoms with van der Waals surface area (Å²) in [6.45, 7) is 3.75. The Labute approximate surface area is 337 Å². The van der Waals surface area contributed by atoms with Crippen molar-refractivity contribution in [3.05, 3.63) is 12.2 Å². The highest BCUT2D eigenvalue weighted by Crippen LogP contribution is 2.23. The van der Waals surface area contributed by atoms with Gasteiger partial charge in [0.05, 0.1) is 25.4 Å². The molecule has 9 nitrogen and oxygen atoms in total. The van der Waals surface area contributed by atoms with Gasteiger partial charge in [-0.15, -0.1) is 0 Å². The summed E-state index contributed by atoms with van der Waals surface area (Å²) in [6.07, 6.45) is 35.6. The fourth-order valence-corrected chi connectivity index (χ4v) is 7.57. The van der Waals surface area contributed by atoms with Gasteiger partial charge < -0.3 is 40.3 Å². The number of carbonyl (C=O) groups excluding carboxylic acids is 1. The number of aliphatic hydroxyl groups excluding tert-OH is 5. The summed E-state index contributed by atoms with van der Waals surface area (Å²) in [5.41, 5.74) is 0. The second-order valence-corrected chi connectivity index (χ2v) is 16.6. The first kappa shape index (κ1) is 51.9. The Morgan fingerprint density at radius 3 is 1.42 bits per heavy atom. The minimum atomic E-state index is -1.56. The molecule has 55 heavy (non-hydrogen) atoms. The van der Waals surface area contributed by atoms with Crippen LogP contribution in [0, 0.1) is 0 Å². The smallest absolute Gasteiger partial charge is 0.220 e. The average molecular weight is 784 g/mol. The van der Waals surface area contributed by atoms with E-state index in [1.807, 2.05) is 6.08 Å². The Kier molecular flexibility index (Phi) is 35.2. The largest absolute Gasteiger partial charge is 0.394 e. The molecule has 7 atom stereocenters. The lowest BCUT2D eigenvalue weighted by atomic mass is 9.99. The Hall–Kier alpha value is -1.07. The summed E-state index contributed by atoms with van der Waals surface area (Å²) in [4.78, 5) is 12.9. The van der Waals surface area contributed by atoms with Gasteiger partial charge in [0.25, 0.3) is 0 Å². The van der Waals surface area contributed by atoms with Gasteiger partial charge in [0.1, 0.15) is 24.4 Å². The molecule has 0 aromatic heterocycles. The van der Waals surface area contributed by atoms with Gasteiger partial charge in [0, 0.05) is 6.42 Å². The van der Waals surface area contributed by atoms with Crippen molar-refractivity contribution in [3.8, 4) is 0 Å². The van der Waals surface area contributed by atoms with E-state index in [-0.39, 0.29) is 12.5 Å². The molecule has 0 saturated carbocycles. The van der Waals surface area contributed by atoms with Crippen LogP contribution in [0.2, 0.25) is 0 Å². The molecular formula is C46H89NO8. The Morgan fingerprint density at radius 1 is 0.600 bits per heavy atom. The minimum absolute atomic E-state index is 0.176. The molecule has 7 unspecified atom stereocenters. The third kappa shape index (κ3) is 28.1. The summed E-state index contributed by atoms with van der Waals surface area (Å²) in [6, 6.07) is -0.797. The van der Waals surface area contributed by atoms with Crippen LogP contribution in [0.1, 0.15) is 219 Å². The molecule has 0 aliphatic carbocycles. The monoisotopic (exact) mass is 784 g/mol. The van der Waals surface area contributed by atoms with Crippen molar-refractivity contribution in [3.63, 3.8) is 0 Å². The zero-order valence-electron chi connectivity index (χ0n) is 35.7. The van der Waals surface area contributed by atoms with Gasteiger partial charge in [0.15, 0.2) is 6.29 Å². The average Bonchev–Trinajstić information content (AvgIpc) is 3.18. The van der Waals surface area contributed by atoms with E-state index in [4.69, 9.17) is 9.47 Å². The molecule has 1 aliphatic rings. The normalized spacial score (nSPS) is 21.3. The van der Waals surface area contributed by atoms with E-state index in [2.05, 4.69) is 19.2 Å². The van der Waals surface area contributed by atoms with Crippen molar-refractivity contribution >= 4 is 5.91 Å². The number of hydrogen-bond donors (Lipinski definition) is 6. The van der Waals surface area contributed by atoms with Crippen molar-refractivity contribution in [2.45, 2.75) is 262 Å². The van der Waals surface area contributed by atoms with Crippen molar-refractivity contribution in [2.75, 3.05) is 13.2 Å². The van der Waals surface area contributed by atoms with E-state index in [9.17, 15) is 30.3 Å². The van der Waals surface area contributed by atoms with E-state index < -0.39 is 49.5 Å². The molecule has 0 bridgehead atoms. The molecule has 1 heterocycles. The van der Waals surface area contributed by atoms with E-state index in [0.717, 1.165) is 38.5 Å². The number of amides is 1. The number of hydrogen-bond acceptors (Lipinski definition) is 8. The van der Waals surface area contributed by atoms with Gasteiger partial charge in [0.2, 0.25) is 5.91 Å². The van der Waals surface area contributed by atoms with E-state index in [0.29, 0.717) is 6.42 Å². The van der Waals surface area contributed by atoms with E-state index >= 15 is 0 Å². The highest BCUT2D eigenvalue weighted by atomic mass is 16.7. The summed E-state index contributed by atoms with van der Waals surface area (Å²) in [5, 5.41) is 54.0. The van der Waals surface area contributed by atoms with Gasteiger partial charge in [-0.1, -0.05) is 206 Å². The van der Waals surface area contributed by atoms with Crippen molar-refractivity contribution in [2.24, 2.45) is 0 Å². The molecule has 326 valence electrons. The third-order valence-corrected chi connectivity index (χ3v) is 11.4. The van der Waals surface area contributed by atoms with Gasteiger partial charge >= 0.3 is 0 Å². The first-order chi connectivity index (χ1) is 26.8. The molecule has 0 aromatic rings. The fraction of sp³-hybridized carbons (Fsp3) is 0.935. The Balaban J connectivity index is 2.21. The van der Waals surface area contributed by atoms with Crippen LogP contribution in [0.5, 0.6) is 0 Å². The van der Waals surface area contributed by atoms with Crippen LogP contribution in [-0.4, -0.2) is 87.5 Å². The second kappa shape index (κ2) is 37.2. The lowest BCUT2D eigenvalue weighted by molar-refractivity contribution is -0.302. The predicted octanol–water partition coefficient (Wildman–Crippen LogP) is 9.73. The topological polar surface area (TPSA) is 149 Å². The van der Waals surface area contributed by atoms with E-state index in [1.165, 1.54) is 161 Å². The molecule has 9 heteroatoms. The summed E-state index contributed by atoms with van der Waals surface area (Å²) >= 11 is 0. The maximum Gasteiger partial charge on any atom is 0.220 e. The number of allylic oxidation sites excluding steroid dienone is 1. The number of nitrogens with one attached hydrogen (secondary N) is 1. The molecule has 6 N–H and O–H groups in total. The molecule has 1 saturated heterocycles. The molecule has 1 amide bonds. The Bertz CT molecular complexity index is 873. The van der Waals surface area contributed by atoms with E-state index in [1.54, 1.807) is 6.08 Å². The van der Waals surface area contributed by atoms with Crippen LogP contribution < -0.4 is 5.32 Å². The second-order valence-electron chi connectivity index (χ2n) is 16.6. The van der Waals surface area contributed by atoms with Crippen LogP contribution in [0.25, 0.3) is 0 Å². The number of carbonyl (C=O) groups is 1. The highest BCUT2D eigenvalue weighted by molar-refractivity contribution is 5.76. The van der Waals surface area contributed by atoms with Crippen LogP contribution in [0.3, 0.4) is 0 Å². The molecular weight excluding hydrogens is 695 g/mol. The number of rotatable bonds is 39. The zero-order valence-corrected chi connectivity index (χ0v) is 35.7. The van der Waals surface area contributed by atoms with Crippen LogP contribution >= 0.6 is 0 Å². The number of ether oxygens (including phenoxy) is 2. The summed E-state index contributed by atoms with van der Waals surface area (Å²) in [7, 11) is 0. The summed E-state index contributed by atoms with van der Waals surface area (Å²) < 4.78 is 11.2. The van der Waals surface area contributed by atoms with Crippen LogP contribution in [0.15, 0.2) is 12.2 Å². The molecule has 1 rings (SSSR count). The highest BCUT2D eigenvalue weighted by Gasteiger charge is 2.44. The zero-order chi connectivity index (χ0) is 40.2. The van der Waals surface area contributed by atoms with Gasteiger partial charge in [-0.3, -0.25) is 4.79 Å². The first-order valence-electron chi connectivity index (χ1n) is 23.4. The van der Waals surface area contributed by atoms with Gasteiger partial charge in [-0.2, -0.15) is 0 Å². The third-order valence-electron chi connectivity index (χ3n) is 11.4. The lowest BCUT2D eigenvalue weighted by Crippen LogP contribution is -2.60. The van der Waals surface area contributed by atoms with Crippen LogP contribution in [0.4, 0.5) is 0 Å². The van der Waals surface area contributed by atoms with Gasteiger partial charge in [-0.25, -0.2) is 0 Å². The van der Waals surface area contributed by atoms with Crippen molar-refractivity contribution < 1.29 is 39.8 Å². The quantitative estimate of drug-likeness (QED) is 0.0267.